The predicted octanol–water partition coefficient (Wildman–Crippen LogP) is 1.39. The first-order valence-corrected chi connectivity index (χ1v) is 6.52. The average Bonchev–Trinajstić information content (AvgIpc) is 2.23. The third-order valence-corrected chi connectivity index (χ3v) is 4.36. The van der Waals surface area contributed by atoms with Crippen LogP contribution < -0.4 is 0 Å². The molecule has 4 nitrogen and oxygen atoms in total. The van der Waals surface area contributed by atoms with E-state index < -0.39 is 38.5 Å². The molecule has 0 spiro atoms. The van der Waals surface area contributed by atoms with Crippen LogP contribution in [0.2, 0.25) is 0 Å². The van der Waals surface area contributed by atoms with Crippen molar-refractivity contribution in [2.45, 2.75) is 50.5 Å². The first-order valence-electron chi connectivity index (χ1n) is 5.37. The molecule has 0 rings (SSSR count). The number of aliphatic hydroxyl groups excluding tert-OH is 1. The van der Waals surface area contributed by atoms with E-state index in [9.17, 15) is 18.5 Å². The minimum absolute atomic E-state index is 0.551. The molecule has 3 atom stereocenters. The third-order valence-electron chi connectivity index (χ3n) is 2.30. The van der Waals surface area contributed by atoms with Crippen LogP contribution in [0.1, 0.15) is 34.6 Å². The van der Waals surface area contributed by atoms with Crippen molar-refractivity contribution in [2.24, 2.45) is 5.92 Å². The Morgan fingerprint density at radius 2 is 1.76 bits per heavy atom. The fourth-order valence-electron chi connectivity index (χ4n) is 1.32. The van der Waals surface area contributed by atoms with Gasteiger partial charge in [0.05, 0.1) is 17.9 Å². The van der Waals surface area contributed by atoms with Gasteiger partial charge in [-0.2, -0.15) is 0 Å². The molecule has 1 unspecified atom stereocenters. The highest BCUT2D eigenvalue weighted by atomic mass is 32.2. The fraction of sp³-hybridized carbons (Fsp3) is 0.909. The SMILES string of the molecule is COC(=O)[C@](F)([C@@H](O)C(C)C)S(=O)C(C)(C)C. The Morgan fingerprint density at radius 1 is 1.35 bits per heavy atom. The Kier molecular flexibility index (Phi) is 5.28. The molecule has 0 heterocycles. The number of halogens is 1. The Morgan fingerprint density at radius 3 is 2.00 bits per heavy atom. The lowest BCUT2D eigenvalue weighted by atomic mass is 10.0. The van der Waals surface area contributed by atoms with Crippen molar-refractivity contribution < 1.29 is 23.2 Å². The maximum Gasteiger partial charge on any atom is 0.359 e. The minimum Gasteiger partial charge on any atom is -0.466 e. The maximum absolute atomic E-state index is 14.7. The van der Waals surface area contributed by atoms with Crippen LogP contribution in [0.5, 0.6) is 0 Å². The lowest BCUT2D eigenvalue weighted by molar-refractivity contribution is -0.156. The quantitative estimate of drug-likeness (QED) is 0.783. The van der Waals surface area contributed by atoms with Gasteiger partial charge in [0, 0.05) is 4.75 Å². The zero-order valence-electron chi connectivity index (χ0n) is 11.1. The van der Waals surface area contributed by atoms with Crippen molar-refractivity contribution in [3.05, 3.63) is 0 Å². The summed E-state index contributed by atoms with van der Waals surface area (Å²) in [5, 5.41) is 6.91. The Bertz CT molecular complexity index is 311. The Hall–Kier alpha value is -0.490. The number of hydrogen-bond donors (Lipinski definition) is 1. The van der Waals surface area contributed by atoms with Gasteiger partial charge in [-0.25, -0.2) is 9.18 Å². The standard InChI is InChI=1S/C11H21FO4S/c1-7(2)8(13)11(12,9(14)16-6)17(15)10(3,4)5/h7-8,13H,1-6H3/t8-,11-,17?/m0/s1. The average molecular weight is 268 g/mol. The molecular formula is C11H21FO4S. The molecule has 0 saturated carbocycles. The molecular weight excluding hydrogens is 247 g/mol. The summed E-state index contributed by atoms with van der Waals surface area (Å²) in [6, 6.07) is 0. The van der Waals surface area contributed by atoms with Crippen molar-refractivity contribution >= 4 is 16.8 Å². The number of methoxy groups -OCH3 is 1. The normalized spacial score (nSPS) is 19.6. The summed E-state index contributed by atoms with van der Waals surface area (Å²) in [5.74, 6) is -1.85. The molecule has 0 aromatic carbocycles. The lowest BCUT2D eigenvalue weighted by Gasteiger charge is -2.34. The second kappa shape index (κ2) is 5.44. The first-order chi connectivity index (χ1) is 7.49. The number of aliphatic hydroxyl groups is 1. The molecule has 6 heteroatoms. The van der Waals surface area contributed by atoms with E-state index in [-0.39, 0.29) is 0 Å². The Labute approximate surface area is 104 Å². The highest BCUT2D eigenvalue weighted by Gasteiger charge is 2.57. The molecule has 102 valence electrons. The predicted molar refractivity (Wildman–Crippen MR) is 64.6 cm³/mol. The first kappa shape index (κ1) is 16.5. The van der Waals surface area contributed by atoms with Crippen LogP contribution in [0.4, 0.5) is 4.39 Å². The Balaban J connectivity index is 5.57. The van der Waals surface area contributed by atoms with Crippen LogP contribution >= 0.6 is 0 Å². The molecule has 0 fully saturated rings. The van der Waals surface area contributed by atoms with Gasteiger partial charge in [0.2, 0.25) is 0 Å². The molecule has 0 radical (unpaired) electrons. The number of carbonyl (C=O) groups is 1. The summed E-state index contributed by atoms with van der Waals surface area (Å²) in [6.45, 7) is 7.69. The van der Waals surface area contributed by atoms with Crippen molar-refractivity contribution in [1.82, 2.24) is 0 Å². The monoisotopic (exact) mass is 268 g/mol. The van der Waals surface area contributed by atoms with Gasteiger partial charge in [0.25, 0.3) is 0 Å². The van der Waals surface area contributed by atoms with Gasteiger partial charge < -0.3 is 9.84 Å². The molecule has 1 N–H and O–H groups in total. The number of ether oxygens (including phenoxy) is 1. The molecule has 0 aromatic rings. The van der Waals surface area contributed by atoms with E-state index in [0.717, 1.165) is 7.11 Å². The van der Waals surface area contributed by atoms with Gasteiger partial charge in [-0.15, -0.1) is 0 Å². The zero-order chi connectivity index (χ0) is 14.0. The molecule has 0 aliphatic heterocycles. The van der Waals surface area contributed by atoms with Gasteiger partial charge in [-0.3, -0.25) is 4.21 Å². The highest BCUT2D eigenvalue weighted by molar-refractivity contribution is 7.88. The van der Waals surface area contributed by atoms with E-state index in [1.54, 1.807) is 13.8 Å². The van der Waals surface area contributed by atoms with Crippen molar-refractivity contribution in [1.29, 1.82) is 0 Å². The summed E-state index contributed by atoms with van der Waals surface area (Å²) >= 11 is 0. The van der Waals surface area contributed by atoms with E-state index >= 15 is 0 Å². The highest BCUT2D eigenvalue weighted by Crippen LogP contribution is 2.33. The molecule has 0 aromatic heterocycles. The van der Waals surface area contributed by atoms with E-state index in [4.69, 9.17) is 0 Å². The van der Waals surface area contributed by atoms with Crippen molar-refractivity contribution in [3.63, 3.8) is 0 Å². The third kappa shape index (κ3) is 3.25. The fourth-order valence-corrected chi connectivity index (χ4v) is 2.94. The van der Waals surface area contributed by atoms with E-state index in [1.165, 1.54) is 20.8 Å². The number of alkyl halides is 1. The zero-order valence-corrected chi connectivity index (χ0v) is 11.9. The summed E-state index contributed by atoms with van der Waals surface area (Å²) in [5.41, 5.74) is 0. The van der Waals surface area contributed by atoms with E-state index in [1.807, 2.05) is 0 Å². The van der Waals surface area contributed by atoms with E-state index in [2.05, 4.69) is 4.74 Å². The molecule has 0 amide bonds. The van der Waals surface area contributed by atoms with Gasteiger partial charge in [-0.1, -0.05) is 13.8 Å². The van der Waals surface area contributed by atoms with Crippen LogP contribution in [0.15, 0.2) is 0 Å². The van der Waals surface area contributed by atoms with Crippen molar-refractivity contribution in [3.8, 4) is 0 Å². The summed E-state index contributed by atoms with van der Waals surface area (Å²) in [4.78, 5) is 11.5. The van der Waals surface area contributed by atoms with Crippen LogP contribution in [0.3, 0.4) is 0 Å². The lowest BCUT2D eigenvalue weighted by Crippen LogP contribution is -2.56. The van der Waals surface area contributed by atoms with Crippen LogP contribution in [0, 0.1) is 5.92 Å². The van der Waals surface area contributed by atoms with E-state index in [0.29, 0.717) is 0 Å². The van der Waals surface area contributed by atoms with Gasteiger partial charge >= 0.3 is 11.0 Å². The second-order valence-corrected chi connectivity index (χ2v) is 7.56. The minimum atomic E-state index is -2.90. The van der Waals surface area contributed by atoms with Gasteiger partial charge in [-0.05, 0) is 26.7 Å². The number of rotatable bonds is 4. The second-order valence-electron chi connectivity index (χ2n) is 5.21. The smallest absolute Gasteiger partial charge is 0.359 e. The van der Waals surface area contributed by atoms with Crippen LogP contribution in [0.25, 0.3) is 0 Å². The molecule has 17 heavy (non-hydrogen) atoms. The molecule has 0 bridgehead atoms. The number of hydrogen-bond acceptors (Lipinski definition) is 4. The van der Waals surface area contributed by atoms with Gasteiger partial charge in [0.1, 0.15) is 6.10 Å². The van der Waals surface area contributed by atoms with Crippen LogP contribution in [-0.4, -0.2) is 38.2 Å². The maximum atomic E-state index is 14.7. The summed E-state index contributed by atoms with van der Waals surface area (Å²) in [6.07, 6.45) is -1.67. The molecule has 0 aliphatic carbocycles. The topological polar surface area (TPSA) is 63.6 Å². The largest absolute Gasteiger partial charge is 0.466 e. The van der Waals surface area contributed by atoms with Crippen molar-refractivity contribution in [2.75, 3.05) is 7.11 Å². The summed E-state index contributed by atoms with van der Waals surface area (Å²) < 4.78 is 30.2. The number of esters is 1. The van der Waals surface area contributed by atoms with Gasteiger partial charge in [0.15, 0.2) is 0 Å². The summed E-state index contributed by atoms with van der Waals surface area (Å²) in [7, 11) is -1.21. The number of carbonyl (C=O) groups excluding carboxylic acids is 1. The van der Waals surface area contributed by atoms with Crippen LogP contribution in [-0.2, 0) is 20.3 Å². The molecule has 0 aliphatic rings. The molecule has 0 saturated heterocycles.